The van der Waals surface area contributed by atoms with E-state index < -0.39 is 119 Å². The summed E-state index contributed by atoms with van der Waals surface area (Å²) >= 11 is 0. The number of nitrogens with zero attached hydrogens (tertiary/aromatic N) is 3. The Balaban J connectivity index is 3.20. The van der Waals surface area contributed by atoms with Crippen molar-refractivity contribution in [3.05, 3.63) is 0 Å². The molecular formula is C42H75N15O12. The van der Waals surface area contributed by atoms with Crippen LogP contribution in [0.5, 0.6) is 0 Å². The van der Waals surface area contributed by atoms with Gasteiger partial charge in [-0.05, 0) is 84.0 Å². The molecule has 0 unspecified atom stereocenters. The van der Waals surface area contributed by atoms with Crippen LogP contribution in [0.4, 0.5) is 0 Å². The summed E-state index contributed by atoms with van der Waals surface area (Å²) in [5.74, 6) is -9.49. The largest absolute Gasteiger partial charge is 0.481 e. The average Bonchev–Trinajstić information content (AvgIpc) is 3.75. The lowest BCUT2D eigenvalue weighted by Crippen LogP contribution is -2.60. The SMILES string of the molecule is CC(C)C[C@H](NC(=O)[C@H](C)NC(=O)[C@H](C)NC(=O)[C@@H](NC(=O)[C@H](C)NC(=O)[C@H](CCCN=C(N)N)NC(=O)[C@H](CCCN=C(N)N)NC(=O)[C@@H]1CCCN1C(=O)[C@@H](N)CCC(=O)O)C(C)C)C(=O)O. The molecule has 0 aliphatic carbocycles. The summed E-state index contributed by atoms with van der Waals surface area (Å²) in [5, 5.41) is 36.2. The number of hydrogen-bond donors (Lipinski definition) is 14. The summed E-state index contributed by atoms with van der Waals surface area (Å²) in [6.07, 6.45) is 0.540. The van der Waals surface area contributed by atoms with E-state index >= 15 is 0 Å². The summed E-state index contributed by atoms with van der Waals surface area (Å²) in [4.78, 5) is 139. The smallest absolute Gasteiger partial charge is 0.326 e. The monoisotopic (exact) mass is 982 g/mol. The van der Waals surface area contributed by atoms with Crippen LogP contribution in [-0.2, 0) is 47.9 Å². The summed E-state index contributed by atoms with van der Waals surface area (Å²) in [7, 11) is 0. The first kappa shape index (κ1) is 60.2. The third kappa shape index (κ3) is 22.2. The van der Waals surface area contributed by atoms with Gasteiger partial charge in [0, 0.05) is 26.1 Å². The van der Waals surface area contributed by atoms with E-state index in [1.807, 2.05) is 0 Å². The highest BCUT2D eigenvalue weighted by atomic mass is 16.4. The van der Waals surface area contributed by atoms with Crippen LogP contribution in [0, 0.1) is 11.8 Å². The molecule has 19 N–H and O–H groups in total. The second kappa shape index (κ2) is 29.8. The van der Waals surface area contributed by atoms with E-state index in [2.05, 4.69) is 47.2 Å². The third-order valence-corrected chi connectivity index (χ3v) is 10.8. The zero-order valence-corrected chi connectivity index (χ0v) is 40.5. The van der Waals surface area contributed by atoms with Gasteiger partial charge in [-0.2, -0.15) is 0 Å². The first-order valence-electron chi connectivity index (χ1n) is 22.9. The van der Waals surface area contributed by atoms with Crippen molar-refractivity contribution in [2.24, 2.45) is 50.5 Å². The van der Waals surface area contributed by atoms with E-state index in [0.717, 1.165) is 0 Å². The second-order valence-corrected chi connectivity index (χ2v) is 17.7. The van der Waals surface area contributed by atoms with Gasteiger partial charge in [0.15, 0.2) is 11.9 Å². The second-order valence-electron chi connectivity index (χ2n) is 17.7. The van der Waals surface area contributed by atoms with Gasteiger partial charge in [0.1, 0.15) is 48.3 Å². The molecule has 1 aliphatic rings. The number of carbonyl (C=O) groups excluding carboxylic acids is 8. The predicted octanol–water partition coefficient (Wildman–Crippen LogP) is -4.48. The molecule has 9 atom stereocenters. The number of carboxylic acids is 2. The van der Waals surface area contributed by atoms with Crippen molar-refractivity contribution in [2.45, 2.75) is 161 Å². The van der Waals surface area contributed by atoms with Crippen LogP contribution in [0.15, 0.2) is 9.98 Å². The molecule has 1 fully saturated rings. The lowest BCUT2D eigenvalue weighted by molar-refractivity contribution is -0.142. The average molecular weight is 982 g/mol. The molecule has 0 aromatic heterocycles. The fraction of sp³-hybridized carbons (Fsp3) is 0.714. The van der Waals surface area contributed by atoms with Crippen molar-refractivity contribution < 1.29 is 58.2 Å². The van der Waals surface area contributed by atoms with Crippen molar-refractivity contribution in [3.63, 3.8) is 0 Å². The molecule has 1 rings (SSSR count). The summed E-state index contributed by atoms with van der Waals surface area (Å²) in [6, 6.07) is -11.0. The van der Waals surface area contributed by atoms with Crippen LogP contribution in [0.2, 0.25) is 0 Å². The number of carbonyl (C=O) groups is 10. The molecule has 1 heterocycles. The quantitative estimate of drug-likeness (QED) is 0.0183. The lowest BCUT2D eigenvalue weighted by Gasteiger charge is -2.29. The first-order valence-corrected chi connectivity index (χ1v) is 22.9. The normalized spacial score (nSPS) is 16.7. The molecule has 1 aliphatic heterocycles. The van der Waals surface area contributed by atoms with Gasteiger partial charge in [-0.15, -0.1) is 0 Å². The van der Waals surface area contributed by atoms with Crippen molar-refractivity contribution in [3.8, 4) is 0 Å². The minimum atomic E-state index is -1.34. The lowest BCUT2D eigenvalue weighted by atomic mass is 10.0. The minimum absolute atomic E-state index is 0.0345. The van der Waals surface area contributed by atoms with Gasteiger partial charge in [-0.1, -0.05) is 27.7 Å². The van der Waals surface area contributed by atoms with Crippen LogP contribution in [-0.4, -0.2) is 160 Å². The summed E-state index contributed by atoms with van der Waals surface area (Å²) in [6.45, 7) is 11.1. The zero-order valence-electron chi connectivity index (χ0n) is 40.5. The van der Waals surface area contributed by atoms with E-state index in [0.29, 0.717) is 6.42 Å². The topological polar surface area (TPSA) is 453 Å². The molecule has 390 valence electrons. The maximum atomic E-state index is 14.0. The van der Waals surface area contributed by atoms with E-state index in [1.54, 1.807) is 27.7 Å². The molecule has 8 amide bonds. The molecule has 69 heavy (non-hydrogen) atoms. The molecule has 1 saturated heterocycles. The number of aliphatic carboxylic acids is 2. The molecule has 0 radical (unpaired) electrons. The van der Waals surface area contributed by atoms with Crippen molar-refractivity contribution in [2.75, 3.05) is 19.6 Å². The molecule has 0 bridgehead atoms. The summed E-state index contributed by atoms with van der Waals surface area (Å²) < 4.78 is 0. The fourth-order valence-electron chi connectivity index (χ4n) is 6.96. The molecule has 27 heteroatoms. The minimum Gasteiger partial charge on any atom is -0.481 e. The molecule has 27 nitrogen and oxygen atoms in total. The van der Waals surface area contributed by atoms with Gasteiger partial charge in [0.2, 0.25) is 47.3 Å². The van der Waals surface area contributed by atoms with Crippen LogP contribution < -0.4 is 65.9 Å². The molecule has 0 aromatic carbocycles. The van der Waals surface area contributed by atoms with Gasteiger partial charge in [0.05, 0.1) is 6.04 Å². The van der Waals surface area contributed by atoms with E-state index in [4.69, 9.17) is 33.8 Å². The number of nitrogens with two attached hydrogens (primary N) is 5. The standard InChI is InChI=1S/C42H75N15O12/c1-20(2)19-28(40(68)69)55-33(61)23(6)50-32(60)22(5)52-38(66)31(21(3)4)56-34(62)24(7)51-35(63)26(11-8-16-48-41(44)45)53-36(64)27(12-9-17-49-42(46)47)54-37(65)29-13-10-18-57(29)39(67)25(43)14-15-30(58)59/h20-29,31H,8-19,43H2,1-7H3,(H,50,60)(H,51,63)(H,52,66)(H,53,64)(H,54,65)(H,55,61)(H,56,62)(H,58,59)(H,68,69)(H4,44,45,48)(H4,46,47,49)/t22-,23-,24-,25-,26-,27-,28-,29-,31-/m0/s1. The zero-order chi connectivity index (χ0) is 52.7. The number of likely N-dealkylation sites (tertiary alicyclic amines) is 1. The number of carboxylic acid groups (broad SMARTS) is 2. The van der Waals surface area contributed by atoms with E-state index in [1.165, 1.54) is 25.7 Å². The van der Waals surface area contributed by atoms with Gasteiger partial charge in [-0.3, -0.25) is 53.1 Å². The maximum absolute atomic E-state index is 14.0. The van der Waals surface area contributed by atoms with E-state index in [9.17, 15) is 53.1 Å². The van der Waals surface area contributed by atoms with Gasteiger partial charge >= 0.3 is 11.9 Å². The van der Waals surface area contributed by atoms with Crippen molar-refractivity contribution >= 4 is 71.1 Å². The molecular weight excluding hydrogens is 907 g/mol. The number of rotatable bonds is 30. The Hall–Kier alpha value is -6.80. The highest BCUT2D eigenvalue weighted by Crippen LogP contribution is 2.20. The van der Waals surface area contributed by atoms with Crippen LogP contribution in [0.1, 0.15) is 106 Å². The number of amides is 8. The van der Waals surface area contributed by atoms with Gasteiger partial charge in [0.25, 0.3) is 0 Å². The predicted molar refractivity (Wildman–Crippen MR) is 252 cm³/mol. The third-order valence-electron chi connectivity index (χ3n) is 10.8. The van der Waals surface area contributed by atoms with Crippen molar-refractivity contribution in [1.82, 2.24) is 42.1 Å². The Bertz CT molecular complexity index is 1870. The number of aliphatic imine (C=N–C) groups is 2. The molecule has 0 aromatic rings. The van der Waals surface area contributed by atoms with Crippen LogP contribution >= 0.6 is 0 Å². The highest BCUT2D eigenvalue weighted by Gasteiger charge is 2.38. The summed E-state index contributed by atoms with van der Waals surface area (Å²) in [5.41, 5.74) is 27.8. The van der Waals surface area contributed by atoms with Crippen LogP contribution in [0.25, 0.3) is 0 Å². The first-order chi connectivity index (χ1) is 32.2. The maximum Gasteiger partial charge on any atom is 0.326 e. The Morgan fingerprint density at radius 1 is 0.594 bits per heavy atom. The Morgan fingerprint density at radius 3 is 1.52 bits per heavy atom. The van der Waals surface area contributed by atoms with Crippen LogP contribution in [0.3, 0.4) is 0 Å². The van der Waals surface area contributed by atoms with Gasteiger partial charge in [-0.25, -0.2) is 4.79 Å². The molecule has 0 saturated carbocycles. The van der Waals surface area contributed by atoms with Gasteiger partial charge < -0.3 is 81.0 Å². The molecule has 0 spiro atoms. The fourth-order valence-corrected chi connectivity index (χ4v) is 6.96. The van der Waals surface area contributed by atoms with Crippen molar-refractivity contribution in [1.29, 1.82) is 0 Å². The highest BCUT2D eigenvalue weighted by molar-refractivity contribution is 5.98. The Morgan fingerprint density at radius 2 is 1.04 bits per heavy atom. The number of nitrogens with one attached hydrogen (secondary N) is 7. The number of hydrogen-bond acceptors (Lipinski definition) is 13. The van der Waals surface area contributed by atoms with E-state index in [-0.39, 0.29) is 88.8 Å². The Labute approximate surface area is 401 Å². The number of guanidine groups is 2. The Kier molecular flexibility index (Phi) is 26.0.